The number of nitrogens with zero attached hydrogens (tertiary/aromatic N) is 3. The highest BCUT2D eigenvalue weighted by atomic mass is 15.3. The molecule has 2 fully saturated rings. The number of aromatic nitrogens is 2. The van der Waals surface area contributed by atoms with Crippen LogP contribution >= 0.6 is 0 Å². The van der Waals surface area contributed by atoms with E-state index in [9.17, 15) is 0 Å². The minimum atomic E-state index is 0.483. The molecule has 5 heteroatoms. The fourth-order valence-corrected chi connectivity index (χ4v) is 2.33. The number of hydrogen-bond acceptors (Lipinski definition) is 5. The van der Waals surface area contributed by atoms with Gasteiger partial charge in [0.1, 0.15) is 5.82 Å². The topological polar surface area (TPSA) is 67.1 Å². The lowest BCUT2D eigenvalue weighted by atomic mass is 10.2. The molecule has 0 spiro atoms. The van der Waals surface area contributed by atoms with E-state index in [1.165, 1.54) is 6.42 Å². The lowest BCUT2D eigenvalue weighted by Gasteiger charge is -2.27. The van der Waals surface area contributed by atoms with Crippen LogP contribution in [0.1, 0.15) is 6.42 Å². The summed E-state index contributed by atoms with van der Waals surface area (Å²) in [6, 6.07) is 4.99. The molecule has 0 aromatic carbocycles. The lowest BCUT2D eigenvalue weighted by molar-refractivity contribution is 0.574. The number of hydrogen-bond donors (Lipinski definition) is 2. The van der Waals surface area contributed by atoms with Crippen molar-refractivity contribution in [1.82, 2.24) is 15.5 Å². The zero-order valence-corrected chi connectivity index (χ0v) is 7.85. The Morgan fingerprint density at radius 3 is 2.93 bits per heavy atom. The van der Waals surface area contributed by atoms with Gasteiger partial charge in [0.25, 0.3) is 0 Å². The molecule has 5 nitrogen and oxygen atoms in total. The van der Waals surface area contributed by atoms with E-state index in [1.54, 1.807) is 0 Å². The Balaban J connectivity index is 1.86. The first-order valence-corrected chi connectivity index (χ1v) is 4.92. The van der Waals surface area contributed by atoms with Crippen molar-refractivity contribution in [2.45, 2.75) is 18.5 Å². The molecule has 3 rings (SSSR count). The van der Waals surface area contributed by atoms with Gasteiger partial charge < -0.3 is 16.0 Å². The second kappa shape index (κ2) is 2.81. The summed E-state index contributed by atoms with van der Waals surface area (Å²) in [5.41, 5.74) is 5.50. The number of nitrogen functional groups attached to an aromatic ring is 1. The fourth-order valence-electron chi connectivity index (χ4n) is 2.33. The molecule has 2 bridgehead atoms. The summed E-state index contributed by atoms with van der Waals surface area (Å²) in [7, 11) is 0. The van der Waals surface area contributed by atoms with Gasteiger partial charge in [0, 0.05) is 25.2 Å². The molecule has 2 atom stereocenters. The van der Waals surface area contributed by atoms with Gasteiger partial charge >= 0.3 is 0 Å². The first-order chi connectivity index (χ1) is 6.83. The highest BCUT2D eigenvalue weighted by Gasteiger charge is 2.38. The minimum Gasteiger partial charge on any atom is -0.382 e. The standard InChI is InChI=1S/C9H13N5/c10-8-1-2-9(13-12-8)14-5-6-3-7(14)4-11-6/h1-2,6-7,11H,3-5H2,(H2,10,12)/t6-,7-/m1/s1. The Bertz CT molecular complexity index is 336. The van der Waals surface area contributed by atoms with E-state index in [1.807, 2.05) is 12.1 Å². The maximum atomic E-state index is 5.50. The number of fused-ring (bicyclic) bond motifs is 2. The smallest absolute Gasteiger partial charge is 0.151 e. The molecular formula is C9H13N5. The van der Waals surface area contributed by atoms with Crippen LogP contribution in [0.3, 0.4) is 0 Å². The predicted octanol–water partition coefficient (Wildman–Crippen LogP) is -0.391. The molecule has 74 valence electrons. The Hall–Kier alpha value is -1.36. The summed E-state index contributed by atoms with van der Waals surface area (Å²) in [5.74, 6) is 1.43. The Labute approximate surface area is 82.3 Å². The van der Waals surface area contributed by atoms with Crippen molar-refractivity contribution in [1.29, 1.82) is 0 Å². The molecule has 0 unspecified atom stereocenters. The molecule has 2 aliphatic rings. The molecule has 2 aliphatic heterocycles. The molecule has 14 heavy (non-hydrogen) atoms. The van der Waals surface area contributed by atoms with Crippen LogP contribution in [0.5, 0.6) is 0 Å². The second-order valence-electron chi connectivity index (χ2n) is 3.96. The van der Waals surface area contributed by atoms with Gasteiger partial charge in [-0.25, -0.2) is 0 Å². The van der Waals surface area contributed by atoms with E-state index < -0.39 is 0 Å². The zero-order chi connectivity index (χ0) is 9.54. The van der Waals surface area contributed by atoms with Crippen LogP contribution in [0.4, 0.5) is 11.6 Å². The van der Waals surface area contributed by atoms with Crippen LogP contribution in [0.15, 0.2) is 12.1 Å². The van der Waals surface area contributed by atoms with Crippen LogP contribution in [-0.4, -0.2) is 35.4 Å². The van der Waals surface area contributed by atoms with Gasteiger partial charge in [-0.3, -0.25) is 0 Å². The molecule has 0 aliphatic carbocycles. The molecule has 3 heterocycles. The van der Waals surface area contributed by atoms with Crippen molar-refractivity contribution in [2.24, 2.45) is 0 Å². The van der Waals surface area contributed by atoms with Gasteiger partial charge in [-0.05, 0) is 18.6 Å². The molecule has 0 saturated carbocycles. The summed E-state index contributed by atoms with van der Waals surface area (Å²) in [6.07, 6.45) is 1.23. The first-order valence-electron chi connectivity index (χ1n) is 4.92. The van der Waals surface area contributed by atoms with E-state index in [2.05, 4.69) is 20.4 Å². The SMILES string of the molecule is Nc1ccc(N2C[C@H]3C[C@@H]2CN3)nn1. The monoisotopic (exact) mass is 191 g/mol. The Morgan fingerprint density at radius 1 is 1.43 bits per heavy atom. The summed E-state index contributed by atoms with van der Waals surface area (Å²) in [4.78, 5) is 2.31. The van der Waals surface area contributed by atoms with Gasteiger partial charge in [-0.15, -0.1) is 10.2 Å². The molecule has 0 amide bonds. The van der Waals surface area contributed by atoms with E-state index in [-0.39, 0.29) is 0 Å². The van der Waals surface area contributed by atoms with Crippen molar-refractivity contribution in [2.75, 3.05) is 23.7 Å². The summed E-state index contributed by atoms with van der Waals surface area (Å²) >= 11 is 0. The van der Waals surface area contributed by atoms with Gasteiger partial charge in [-0.2, -0.15) is 0 Å². The normalized spacial score (nSPS) is 29.9. The fraction of sp³-hybridized carbons (Fsp3) is 0.556. The highest BCUT2D eigenvalue weighted by molar-refractivity contribution is 5.45. The number of anilines is 2. The minimum absolute atomic E-state index is 0.483. The van der Waals surface area contributed by atoms with Gasteiger partial charge in [-0.1, -0.05) is 0 Å². The Morgan fingerprint density at radius 2 is 2.36 bits per heavy atom. The molecule has 1 aromatic rings. The van der Waals surface area contributed by atoms with Crippen molar-refractivity contribution in [3.05, 3.63) is 12.1 Å². The van der Waals surface area contributed by atoms with Gasteiger partial charge in [0.05, 0.1) is 0 Å². The molecular weight excluding hydrogens is 178 g/mol. The van der Waals surface area contributed by atoms with Gasteiger partial charge in [0.15, 0.2) is 5.82 Å². The molecule has 3 N–H and O–H groups in total. The number of nitrogens with two attached hydrogens (primary N) is 1. The number of nitrogens with one attached hydrogen (secondary N) is 1. The van der Waals surface area contributed by atoms with Gasteiger partial charge in [0.2, 0.25) is 0 Å². The van der Waals surface area contributed by atoms with E-state index >= 15 is 0 Å². The average molecular weight is 191 g/mol. The van der Waals surface area contributed by atoms with Crippen molar-refractivity contribution < 1.29 is 0 Å². The van der Waals surface area contributed by atoms with Crippen LogP contribution < -0.4 is 16.0 Å². The van der Waals surface area contributed by atoms with Crippen LogP contribution in [0.25, 0.3) is 0 Å². The highest BCUT2D eigenvalue weighted by Crippen LogP contribution is 2.27. The third-order valence-corrected chi connectivity index (χ3v) is 3.02. The van der Waals surface area contributed by atoms with Crippen molar-refractivity contribution in [3.63, 3.8) is 0 Å². The van der Waals surface area contributed by atoms with E-state index in [0.717, 1.165) is 18.9 Å². The average Bonchev–Trinajstić information content (AvgIpc) is 2.80. The lowest BCUT2D eigenvalue weighted by Crippen LogP contribution is -2.44. The predicted molar refractivity (Wildman–Crippen MR) is 54.0 cm³/mol. The van der Waals surface area contributed by atoms with Crippen molar-refractivity contribution in [3.8, 4) is 0 Å². The van der Waals surface area contributed by atoms with Crippen LogP contribution in [-0.2, 0) is 0 Å². The maximum absolute atomic E-state index is 5.50. The quantitative estimate of drug-likeness (QED) is 0.632. The molecule has 0 radical (unpaired) electrons. The number of rotatable bonds is 1. The third kappa shape index (κ3) is 1.13. The summed E-state index contributed by atoms with van der Waals surface area (Å²) in [6.45, 7) is 2.11. The van der Waals surface area contributed by atoms with E-state index in [4.69, 9.17) is 5.73 Å². The Kier molecular flexibility index (Phi) is 1.61. The largest absolute Gasteiger partial charge is 0.382 e. The zero-order valence-electron chi connectivity index (χ0n) is 7.85. The summed E-state index contributed by atoms with van der Waals surface area (Å²) < 4.78 is 0. The number of piperazine rings is 1. The first kappa shape index (κ1) is 7.99. The van der Waals surface area contributed by atoms with Crippen LogP contribution in [0.2, 0.25) is 0 Å². The third-order valence-electron chi connectivity index (χ3n) is 3.02. The molecule has 1 aromatic heterocycles. The summed E-state index contributed by atoms with van der Waals surface area (Å²) in [5, 5.41) is 11.4. The maximum Gasteiger partial charge on any atom is 0.151 e. The second-order valence-corrected chi connectivity index (χ2v) is 3.96. The van der Waals surface area contributed by atoms with Crippen LogP contribution in [0, 0.1) is 0 Å². The van der Waals surface area contributed by atoms with Crippen molar-refractivity contribution >= 4 is 11.6 Å². The molecule has 2 saturated heterocycles. The van der Waals surface area contributed by atoms with E-state index in [0.29, 0.717) is 17.9 Å².